The summed E-state index contributed by atoms with van der Waals surface area (Å²) < 4.78 is 1.58. The number of thiophene rings is 1. The van der Waals surface area contributed by atoms with Gasteiger partial charge in [-0.15, -0.1) is 11.3 Å². The number of hydrogen-bond donors (Lipinski definition) is 1. The Morgan fingerprint density at radius 3 is 3.08 bits per heavy atom. The number of aryl methyl sites for hydroxylation is 1. The van der Waals surface area contributed by atoms with Crippen LogP contribution in [0, 0.1) is 5.92 Å². The standard InChI is InChI=1S/C19H18N2O3S/c1-11-5-6-14-15(7-11)25-17-16(14)18(22)21(10-20-17)9-12-3-2-4-13(8-12)19(23)24/h2-4,8,10-11H,5-7,9H2,1H3,(H,23,24). The molecule has 1 aliphatic carbocycles. The van der Waals surface area contributed by atoms with Crippen LogP contribution in [0.2, 0.25) is 0 Å². The molecule has 128 valence electrons. The van der Waals surface area contributed by atoms with E-state index in [0.717, 1.165) is 35.0 Å². The quantitative estimate of drug-likeness (QED) is 0.783. The number of rotatable bonds is 3. The van der Waals surface area contributed by atoms with Gasteiger partial charge in [0.2, 0.25) is 0 Å². The Morgan fingerprint density at radius 1 is 1.44 bits per heavy atom. The summed E-state index contributed by atoms with van der Waals surface area (Å²) in [5, 5.41) is 9.87. The fourth-order valence-corrected chi connectivity index (χ4v) is 4.82. The van der Waals surface area contributed by atoms with E-state index in [2.05, 4.69) is 11.9 Å². The van der Waals surface area contributed by atoms with Crippen LogP contribution in [0.5, 0.6) is 0 Å². The molecule has 1 unspecified atom stereocenters. The third-order valence-electron chi connectivity index (χ3n) is 4.81. The van der Waals surface area contributed by atoms with Gasteiger partial charge in [-0.3, -0.25) is 9.36 Å². The van der Waals surface area contributed by atoms with Crippen molar-refractivity contribution in [2.45, 2.75) is 32.7 Å². The molecular weight excluding hydrogens is 336 g/mol. The van der Waals surface area contributed by atoms with Crippen LogP contribution in [0.4, 0.5) is 0 Å². The van der Waals surface area contributed by atoms with Gasteiger partial charge >= 0.3 is 5.97 Å². The smallest absolute Gasteiger partial charge is 0.335 e. The minimum atomic E-state index is -0.969. The summed E-state index contributed by atoms with van der Waals surface area (Å²) in [6.07, 6.45) is 4.64. The van der Waals surface area contributed by atoms with E-state index in [1.165, 1.54) is 10.4 Å². The van der Waals surface area contributed by atoms with E-state index in [4.69, 9.17) is 5.11 Å². The number of aromatic nitrogens is 2. The number of carboxylic acids is 1. The van der Waals surface area contributed by atoms with Crippen LogP contribution in [-0.2, 0) is 19.4 Å². The first kappa shape index (κ1) is 16.0. The number of aromatic carboxylic acids is 1. The molecule has 0 spiro atoms. The minimum Gasteiger partial charge on any atom is -0.478 e. The summed E-state index contributed by atoms with van der Waals surface area (Å²) >= 11 is 1.64. The summed E-state index contributed by atoms with van der Waals surface area (Å²) in [7, 11) is 0. The van der Waals surface area contributed by atoms with Crippen molar-refractivity contribution in [2.75, 3.05) is 0 Å². The molecule has 5 nitrogen and oxygen atoms in total. The lowest BCUT2D eigenvalue weighted by Crippen LogP contribution is -2.22. The maximum atomic E-state index is 13.0. The number of carbonyl (C=O) groups is 1. The summed E-state index contributed by atoms with van der Waals surface area (Å²) in [4.78, 5) is 30.7. The lowest BCUT2D eigenvalue weighted by Gasteiger charge is -2.17. The van der Waals surface area contributed by atoms with E-state index in [0.29, 0.717) is 12.5 Å². The molecule has 6 heteroatoms. The van der Waals surface area contributed by atoms with Crippen LogP contribution in [0.1, 0.15) is 39.7 Å². The van der Waals surface area contributed by atoms with E-state index >= 15 is 0 Å². The SMILES string of the molecule is CC1CCc2c(sc3ncn(Cc4cccc(C(=O)O)c4)c(=O)c23)C1. The molecule has 1 N–H and O–H groups in total. The van der Waals surface area contributed by atoms with E-state index < -0.39 is 5.97 Å². The molecule has 2 heterocycles. The van der Waals surface area contributed by atoms with E-state index in [-0.39, 0.29) is 11.1 Å². The zero-order valence-electron chi connectivity index (χ0n) is 13.9. The Labute approximate surface area is 148 Å². The molecule has 0 saturated heterocycles. The Kier molecular flexibility index (Phi) is 3.92. The molecule has 0 amide bonds. The monoisotopic (exact) mass is 354 g/mol. The van der Waals surface area contributed by atoms with Crippen LogP contribution in [-0.4, -0.2) is 20.6 Å². The summed E-state index contributed by atoms with van der Waals surface area (Å²) in [5.74, 6) is -0.314. The van der Waals surface area contributed by atoms with Crippen molar-refractivity contribution in [3.05, 3.63) is 62.5 Å². The largest absolute Gasteiger partial charge is 0.478 e. The third-order valence-corrected chi connectivity index (χ3v) is 5.97. The fraction of sp³-hybridized carbons (Fsp3) is 0.316. The van der Waals surface area contributed by atoms with Crippen molar-refractivity contribution in [1.29, 1.82) is 0 Å². The number of benzene rings is 1. The summed E-state index contributed by atoms with van der Waals surface area (Å²) in [5.41, 5.74) is 2.14. The van der Waals surface area contributed by atoms with Gasteiger partial charge in [0.05, 0.1) is 23.8 Å². The van der Waals surface area contributed by atoms with Crippen molar-refractivity contribution in [1.82, 2.24) is 9.55 Å². The van der Waals surface area contributed by atoms with Crippen molar-refractivity contribution < 1.29 is 9.90 Å². The van der Waals surface area contributed by atoms with Gasteiger partial charge in [-0.2, -0.15) is 0 Å². The first-order valence-corrected chi connectivity index (χ1v) is 9.16. The molecule has 4 rings (SSSR count). The number of fused-ring (bicyclic) bond motifs is 3. The molecule has 1 atom stereocenters. The zero-order valence-corrected chi connectivity index (χ0v) is 14.7. The number of hydrogen-bond acceptors (Lipinski definition) is 4. The van der Waals surface area contributed by atoms with Crippen LogP contribution in [0.3, 0.4) is 0 Å². The molecule has 2 aromatic heterocycles. The molecule has 0 radical (unpaired) electrons. The highest BCUT2D eigenvalue weighted by atomic mass is 32.1. The Hall–Kier alpha value is -2.47. The van der Waals surface area contributed by atoms with E-state index in [1.54, 1.807) is 40.4 Å². The number of nitrogens with zero attached hydrogens (tertiary/aromatic N) is 2. The van der Waals surface area contributed by atoms with Gasteiger partial charge in [-0.25, -0.2) is 9.78 Å². The van der Waals surface area contributed by atoms with Gasteiger partial charge in [0.25, 0.3) is 5.56 Å². The van der Waals surface area contributed by atoms with E-state index in [9.17, 15) is 9.59 Å². The van der Waals surface area contributed by atoms with Crippen LogP contribution >= 0.6 is 11.3 Å². The Balaban J connectivity index is 1.76. The van der Waals surface area contributed by atoms with E-state index in [1.807, 2.05) is 6.07 Å². The van der Waals surface area contributed by atoms with Gasteiger partial charge in [0.1, 0.15) is 4.83 Å². The molecular formula is C19H18N2O3S. The molecule has 25 heavy (non-hydrogen) atoms. The molecule has 0 saturated carbocycles. The summed E-state index contributed by atoms with van der Waals surface area (Å²) in [6.45, 7) is 2.57. The average molecular weight is 354 g/mol. The van der Waals surface area contributed by atoms with Gasteiger partial charge < -0.3 is 5.11 Å². The first-order chi connectivity index (χ1) is 12.0. The van der Waals surface area contributed by atoms with Gasteiger partial charge in [-0.1, -0.05) is 19.1 Å². The predicted molar refractivity (Wildman–Crippen MR) is 97.6 cm³/mol. The lowest BCUT2D eigenvalue weighted by atomic mass is 9.89. The lowest BCUT2D eigenvalue weighted by molar-refractivity contribution is 0.0696. The predicted octanol–water partition coefficient (Wildman–Crippen LogP) is 3.33. The molecule has 0 aliphatic heterocycles. The van der Waals surface area contributed by atoms with Crippen LogP contribution in [0.25, 0.3) is 10.2 Å². The van der Waals surface area contributed by atoms with Crippen LogP contribution < -0.4 is 5.56 Å². The van der Waals surface area contributed by atoms with Gasteiger partial charge in [0.15, 0.2) is 0 Å². The van der Waals surface area contributed by atoms with Gasteiger partial charge in [-0.05, 0) is 48.4 Å². The molecule has 0 bridgehead atoms. The highest BCUT2D eigenvalue weighted by molar-refractivity contribution is 7.18. The second kappa shape index (κ2) is 6.11. The normalized spacial score (nSPS) is 16.8. The Morgan fingerprint density at radius 2 is 2.28 bits per heavy atom. The van der Waals surface area contributed by atoms with Crippen molar-refractivity contribution in [3.8, 4) is 0 Å². The molecule has 0 fully saturated rings. The van der Waals surface area contributed by atoms with Crippen molar-refractivity contribution in [3.63, 3.8) is 0 Å². The first-order valence-electron chi connectivity index (χ1n) is 8.35. The second-order valence-electron chi connectivity index (χ2n) is 6.72. The minimum absolute atomic E-state index is 0.0298. The topological polar surface area (TPSA) is 72.2 Å². The van der Waals surface area contributed by atoms with Gasteiger partial charge in [0, 0.05) is 4.88 Å². The summed E-state index contributed by atoms with van der Waals surface area (Å²) in [6, 6.07) is 6.67. The maximum absolute atomic E-state index is 13.0. The van der Waals surface area contributed by atoms with Crippen LogP contribution in [0.15, 0.2) is 35.4 Å². The van der Waals surface area contributed by atoms with Crippen molar-refractivity contribution >= 4 is 27.5 Å². The maximum Gasteiger partial charge on any atom is 0.335 e. The highest BCUT2D eigenvalue weighted by Gasteiger charge is 2.23. The van der Waals surface area contributed by atoms with Crippen molar-refractivity contribution in [2.24, 2.45) is 5.92 Å². The molecule has 1 aliphatic rings. The fourth-order valence-electron chi connectivity index (χ4n) is 3.48. The average Bonchev–Trinajstić information content (AvgIpc) is 2.95. The number of carboxylic acid groups (broad SMARTS) is 1. The molecule has 1 aromatic carbocycles. The second-order valence-corrected chi connectivity index (χ2v) is 7.80. The molecule has 3 aromatic rings. The Bertz CT molecular complexity index is 1030. The zero-order chi connectivity index (χ0) is 17.6. The third kappa shape index (κ3) is 2.87. The highest BCUT2D eigenvalue weighted by Crippen LogP contribution is 2.35.